The highest BCUT2D eigenvalue weighted by Gasteiger charge is 2.19. The van der Waals surface area contributed by atoms with Gasteiger partial charge >= 0.3 is 5.97 Å². The molecule has 0 N–H and O–H groups in total. The number of aryl methyl sites for hydroxylation is 1. The molecule has 0 aliphatic carbocycles. The van der Waals surface area contributed by atoms with Crippen molar-refractivity contribution in [1.82, 2.24) is 0 Å². The fraction of sp³-hybridized carbons (Fsp3) is 0.250. The summed E-state index contributed by atoms with van der Waals surface area (Å²) in [5, 5.41) is 0. The number of hydrogen-bond donors (Lipinski definition) is 0. The van der Waals surface area contributed by atoms with E-state index in [0.29, 0.717) is 24.7 Å². The lowest BCUT2D eigenvalue weighted by molar-refractivity contribution is -0.149. The average Bonchev–Trinajstić information content (AvgIpc) is 2.61. The standard InChI is InChI=1S/C20H22O4/c1-4-18(20(21)22-5-2)24-19-13-17(12-11-15(19)3)23-14-16-9-7-6-8-10-16/h4,6-13,18H,1,5,14H2,2-3H3. The molecule has 0 radical (unpaired) electrons. The van der Waals surface area contributed by atoms with Gasteiger partial charge in [-0.05, 0) is 37.1 Å². The molecule has 0 spiro atoms. The summed E-state index contributed by atoms with van der Waals surface area (Å²) in [7, 11) is 0. The topological polar surface area (TPSA) is 44.8 Å². The van der Waals surface area contributed by atoms with Gasteiger partial charge in [0.1, 0.15) is 18.1 Å². The number of carbonyl (C=O) groups excluding carboxylic acids is 1. The molecule has 2 aromatic carbocycles. The number of rotatable bonds is 8. The lowest BCUT2D eigenvalue weighted by Gasteiger charge is -2.17. The van der Waals surface area contributed by atoms with Crippen molar-refractivity contribution < 1.29 is 19.0 Å². The van der Waals surface area contributed by atoms with Crippen LogP contribution in [0.5, 0.6) is 11.5 Å². The minimum absolute atomic E-state index is 0.297. The Morgan fingerprint density at radius 2 is 1.96 bits per heavy atom. The minimum Gasteiger partial charge on any atom is -0.489 e. The highest BCUT2D eigenvalue weighted by atomic mass is 16.6. The van der Waals surface area contributed by atoms with Crippen molar-refractivity contribution >= 4 is 5.97 Å². The van der Waals surface area contributed by atoms with Gasteiger partial charge in [0.05, 0.1) is 6.61 Å². The number of hydrogen-bond acceptors (Lipinski definition) is 4. The molecule has 0 aliphatic heterocycles. The van der Waals surface area contributed by atoms with Gasteiger partial charge in [-0.15, -0.1) is 0 Å². The van der Waals surface area contributed by atoms with E-state index in [-0.39, 0.29) is 0 Å². The Bertz CT molecular complexity index is 679. The van der Waals surface area contributed by atoms with Crippen molar-refractivity contribution in [1.29, 1.82) is 0 Å². The van der Waals surface area contributed by atoms with Crippen LogP contribution in [0, 0.1) is 6.92 Å². The van der Waals surface area contributed by atoms with E-state index in [9.17, 15) is 4.79 Å². The van der Waals surface area contributed by atoms with Crippen molar-refractivity contribution in [2.24, 2.45) is 0 Å². The Balaban J connectivity index is 2.07. The van der Waals surface area contributed by atoms with Gasteiger partial charge < -0.3 is 14.2 Å². The lowest BCUT2D eigenvalue weighted by Crippen LogP contribution is -2.27. The van der Waals surface area contributed by atoms with E-state index in [0.717, 1.165) is 11.1 Å². The molecule has 4 nitrogen and oxygen atoms in total. The molecule has 1 atom stereocenters. The Labute approximate surface area is 142 Å². The molecule has 0 fully saturated rings. The molecule has 2 rings (SSSR count). The van der Waals surface area contributed by atoms with E-state index in [2.05, 4.69) is 6.58 Å². The van der Waals surface area contributed by atoms with Gasteiger partial charge in [0, 0.05) is 6.07 Å². The highest BCUT2D eigenvalue weighted by molar-refractivity contribution is 5.77. The summed E-state index contributed by atoms with van der Waals surface area (Å²) in [5.74, 6) is 0.784. The summed E-state index contributed by atoms with van der Waals surface area (Å²) in [6.07, 6.45) is 0.586. The summed E-state index contributed by atoms with van der Waals surface area (Å²) < 4.78 is 16.5. The average molecular weight is 326 g/mol. The first-order valence-corrected chi connectivity index (χ1v) is 7.87. The van der Waals surface area contributed by atoms with E-state index < -0.39 is 12.1 Å². The maximum absolute atomic E-state index is 11.8. The maximum Gasteiger partial charge on any atom is 0.351 e. The highest BCUT2D eigenvalue weighted by Crippen LogP contribution is 2.26. The zero-order valence-corrected chi connectivity index (χ0v) is 14.0. The smallest absolute Gasteiger partial charge is 0.351 e. The third kappa shape index (κ3) is 4.88. The van der Waals surface area contributed by atoms with Crippen molar-refractivity contribution in [3.05, 3.63) is 72.3 Å². The van der Waals surface area contributed by atoms with Crippen LogP contribution in [0.4, 0.5) is 0 Å². The Hall–Kier alpha value is -2.75. The van der Waals surface area contributed by atoms with Crippen LogP contribution in [-0.2, 0) is 16.1 Å². The monoisotopic (exact) mass is 326 g/mol. The maximum atomic E-state index is 11.8. The molecule has 0 heterocycles. The van der Waals surface area contributed by atoms with Crippen LogP contribution in [0.2, 0.25) is 0 Å². The molecule has 0 saturated carbocycles. The number of ether oxygens (including phenoxy) is 3. The van der Waals surface area contributed by atoms with Gasteiger partial charge in [-0.3, -0.25) is 0 Å². The first-order chi connectivity index (χ1) is 11.6. The van der Waals surface area contributed by atoms with Gasteiger partial charge in [-0.2, -0.15) is 0 Å². The quantitative estimate of drug-likeness (QED) is 0.542. The van der Waals surface area contributed by atoms with Crippen molar-refractivity contribution in [2.75, 3.05) is 6.61 Å². The second-order valence-corrected chi connectivity index (χ2v) is 5.23. The van der Waals surface area contributed by atoms with Crippen LogP contribution in [-0.4, -0.2) is 18.7 Å². The molecule has 0 saturated heterocycles. The molecule has 0 amide bonds. The van der Waals surface area contributed by atoms with Crippen molar-refractivity contribution in [2.45, 2.75) is 26.6 Å². The second kappa shape index (κ2) is 8.77. The van der Waals surface area contributed by atoms with E-state index in [1.807, 2.05) is 49.4 Å². The first kappa shape index (κ1) is 17.6. The van der Waals surface area contributed by atoms with Crippen LogP contribution in [0.1, 0.15) is 18.1 Å². The molecule has 2 aromatic rings. The second-order valence-electron chi connectivity index (χ2n) is 5.23. The number of carbonyl (C=O) groups is 1. The predicted octanol–water partition coefficient (Wildman–Crippen LogP) is 4.07. The normalized spacial score (nSPS) is 11.4. The predicted molar refractivity (Wildman–Crippen MR) is 93.2 cm³/mol. The summed E-state index contributed by atoms with van der Waals surface area (Å²) in [4.78, 5) is 11.8. The van der Waals surface area contributed by atoms with Gasteiger partial charge in [0.25, 0.3) is 0 Å². The SMILES string of the molecule is C=CC(Oc1cc(OCc2ccccc2)ccc1C)C(=O)OCC. The van der Waals surface area contributed by atoms with Crippen LogP contribution in [0.25, 0.3) is 0 Å². The molecule has 1 unspecified atom stereocenters. The summed E-state index contributed by atoms with van der Waals surface area (Å²) in [6.45, 7) is 8.05. The summed E-state index contributed by atoms with van der Waals surface area (Å²) in [5.41, 5.74) is 1.98. The molecular formula is C20H22O4. The number of esters is 1. The molecule has 0 aromatic heterocycles. The van der Waals surface area contributed by atoms with Gasteiger partial charge in [0.15, 0.2) is 0 Å². The zero-order valence-electron chi connectivity index (χ0n) is 14.0. The van der Waals surface area contributed by atoms with Gasteiger partial charge in [-0.25, -0.2) is 4.79 Å². The minimum atomic E-state index is -0.840. The Morgan fingerprint density at radius 1 is 1.21 bits per heavy atom. The van der Waals surface area contributed by atoms with Crippen molar-refractivity contribution in [3.8, 4) is 11.5 Å². The van der Waals surface area contributed by atoms with E-state index >= 15 is 0 Å². The summed E-state index contributed by atoms with van der Waals surface area (Å²) >= 11 is 0. The Morgan fingerprint density at radius 3 is 2.62 bits per heavy atom. The molecule has 4 heteroatoms. The molecule has 24 heavy (non-hydrogen) atoms. The van der Waals surface area contributed by atoms with Gasteiger partial charge in [0.2, 0.25) is 6.10 Å². The molecule has 0 bridgehead atoms. The molecule has 126 valence electrons. The Kier molecular flexibility index (Phi) is 6.43. The zero-order chi connectivity index (χ0) is 17.4. The van der Waals surface area contributed by atoms with E-state index in [1.54, 1.807) is 13.0 Å². The van der Waals surface area contributed by atoms with Crippen LogP contribution in [0.15, 0.2) is 61.2 Å². The molecule has 0 aliphatic rings. The van der Waals surface area contributed by atoms with Crippen molar-refractivity contribution in [3.63, 3.8) is 0 Å². The summed E-state index contributed by atoms with van der Waals surface area (Å²) in [6, 6.07) is 15.4. The molecular weight excluding hydrogens is 304 g/mol. The van der Waals surface area contributed by atoms with Crippen LogP contribution >= 0.6 is 0 Å². The third-order valence-corrected chi connectivity index (χ3v) is 3.39. The van der Waals surface area contributed by atoms with Crippen LogP contribution in [0.3, 0.4) is 0 Å². The third-order valence-electron chi connectivity index (χ3n) is 3.39. The largest absolute Gasteiger partial charge is 0.489 e. The fourth-order valence-electron chi connectivity index (χ4n) is 2.09. The number of benzene rings is 2. The first-order valence-electron chi connectivity index (χ1n) is 7.87. The van der Waals surface area contributed by atoms with E-state index in [1.165, 1.54) is 6.08 Å². The van der Waals surface area contributed by atoms with Gasteiger partial charge in [-0.1, -0.05) is 43.0 Å². The van der Waals surface area contributed by atoms with Crippen LogP contribution < -0.4 is 9.47 Å². The fourth-order valence-corrected chi connectivity index (χ4v) is 2.09. The van der Waals surface area contributed by atoms with E-state index in [4.69, 9.17) is 14.2 Å². The lowest BCUT2D eigenvalue weighted by atomic mass is 10.2.